The van der Waals surface area contributed by atoms with Gasteiger partial charge in [-0.1, -0.05) is 0 Å². The van der Waals surface area contributed by atoms with Crippen molar-refractivity contribution >= 4 is 23.6 Å². The van der Waals surface area contributed by atoms with Crippen LogP contribution in [0.1, 0.15) is 33.6 Å². The first kappa shape index (κ1) is 17.0. The second kappa shape index (κ2) is 8.19. The van der Waals surface area contributed by atoms with Gasteiger partial charge < -0.3 is 15.0 Å². The van der Waals surface area contributed by atoms with E-state index in [1.807, 2.05) is 20.8 Å². The topological polar surface area (TPSA) is 58.6 Å². The molecule has 0 aliphatic heterocycles. The summed E-state index contributed by atoms with van der Waals surface area (Å²) in [5.74, 6) is 0.429. The number of carbonyl (C=O) groups is 2. The molecule has 0 bridgehead atoms. The molecule has 0 aliphatic carbocycles. The van der Waals surface area contributed by atoms with Crippen LogP contribution < -0.4 is 5.32 Å². The Morgan fingerprint density at radius 3 is 2.44 bits per heavy atom. The summed E-state index contributed by atoms with van der Waals surface area (Å²) in [4.78, 5) is 24.3. The second-order valence-electron chi connectivity index (χ2n) is 5.04. The molecule has 0 unspecified atom stereocenters. The van der Waals surface area contributed by atoms with Crippen molar-refractivity contribution in [2.24, 2.45) is 0 Å². The van der Waals surface area contributed by atoms with Crippen molar-refractivity contribution in [2.75, 3.05) is 26.0 Å². The molecule has 0 saturated carbocycles. The van der Waals surface area contributed by atoms with E-state index in [2.05, 4.69) is 5.32 Å². The highest BCUT2D eigenvalue weighted by molar-refractivity contribution is 6.17. The highest BCUT2D eigenvalue weighted by Crippen LogP contribution is 2.08. The molecule has 0 radical (unpaired) electrons. The molecule has 2 amide bonds. The van der Waals surface area contributed by atoms with Gasteiger partial charge in [0.15, 0.2) is 0 Å². The molecule has 0 aromatic rings. The van der Waals surface area contributed by atoms with E-state index in [9.17, 15) is 9.59 Å². The van der Waals surface area contributed by atoms with Crippen LogP contribution in [-0.2, 0) is 9.53 Å². The standard InChI is InChI=1S/C12H23ClN2O3/c1-12(2,3)18-11(17)15(4)9-8-14-10(16)6-5-7-13/h5-9H2,1-4H3,(H,14,16). The average molecular weight is 279 g/mol. The maximum absolute atomic E-state index is 11.6. The van der Waals surface area contributed by atoms with E-state index >= 15 is 0 Å². The Kier molecular flexibility index (Phi) is 7.75. The molecule has 18 heavy (non-hydrogen) atoms. The summed E-state index contributed by atoms with van der Waals surface area (Å²) in [6, 6.07) is 0. The summed E-state index contributed by atoms with van der Waals surface area (Å²) in [5.41, 5.74) is -0.505. The summed E-state index contributed by atoms with van der Waals surface area (Å²) >= 11 is 5.48. The Hall–Kier alpha value is -0.970. The van der Waals surface area contributed by atoms with Gasteiger partial charge in [0.25, 0.3) is 0 Å². The molecule has 0 spiro atoms. The minimum Gasteiger partial charge on any atom is -0.444 e. The van der Waals surface area contributed by atoms with E-state index in [1.165, 1.54) is 4.90 Å². The first-order valence-corrected chi connectivity index (χ1v) is 6.56. The Bertz CT molecular complexity index is 277. The molecule has 0 aliphatic rings. The van der Waals surface area contributed by atoms with E-state index in [0.29, 0.717) is 31.8 Å². The third kappa shape index (κ3) is 9.10. The lowest BCUT2D eigenvalue weighted by Crippen LogP contribution is -2.39. The molecule has 106 valence electrons. The first-order valence-electron chi connectivity index (χ1n) is 6.03. The fourth-order valence-corrected chi connectivity index (χ4v) is 1.24. The summed E-state index contributed by atoms with van der Waals surface area (Å²) in [6.07, 6.45) is 0.687. The van der Waals surface area contributed by atoms with Gasteiger partial charge in [0.1, 0.15) is 5.60 Å². The largest absolute Gasteiger partial charge is 0.444 e. The van der Waals surface area contributed by atoms with Crippen molar-refractivity contribution in [2.45, 2.75) is 39.2 Å². The van der Waals surface area contributed by atoms with Crippen LogP contribution in [0.4, 0.5) is 4.79 Å². The van der Waals surface area contributed by atoms with Crippen LogP contribution >= 0.6 is 11.6 Å². The maximum atomic E-state index is 11.6. The predicted octanol–water partition coefficient (Wildman–Crippen LogP) is 1.99. The van der Waals surface area contributed by atoms with Gasteiger partial charge in [-0.2, -0.15) is 0 Å². The van der Waals surface area contributed by atoms with Crippen LogP contribution in [0.25, 0.3) is 0 Å². The molecule has 1 N–H and O–H groups in total. The zero-order valence-corrected chi connectivity index (χ0v) is 12.3. The number of hydrogen-bond donors (Lipinski definition) is 1. The van der Waals surface area contributed by atoms with E-state index in [0.717, 1.165) is 0 Å². The molecule has 0 rings (SSSR count). The van der Waals surface area contributed by atoms with Gasteiger partial charge in [0, 0.05) is 32.4 Å². The zero-order valence-electron chi connectivity index (χ0n) is 11.6. The third-order valence-electron chi connectivity index (χ3n) is 2.01. The molecule has 5 nitrogen and oxygen atoms in total. The number of nitrogens with one attached hydrogen (secondary N) is 1. The van der Waals surface area contributed by atoms with Crippen molar-refractivity contribution in [1.29, 1.82) is 0 Å². The molecule has 6 heteroatoms. The smallest absolute Gasteiger partial charge is 0.410 e. The quantitative estimate of drug-likeness (QED) is 0.756. The molecule has 0 heterocycles. The second-order valence-corrected chi connectivity index (χ2v) is 5.42. The molecule has 0 aromatic carbocycles. The number of alkyl halides is 1. The normalized spacial score (nSPS) is 10.9. The summed E-state index contributed by atoms with van der Waals surface area (Å²) in [5, 5.41) is 2.72. The lowest BCUT2D eigenvalue weighted by molar-refractivity contribution is -0.121. The van der Waals surface area contributed by atoms with Gasteiger partial charge in [-0.15, -0.1) is 11.6 Å². The Morgan fingerprint density at radius 2 is 1.94 bits per heavy atom. The lowest BCUT2D eigenvalue weighted by atomic mass is 10.2. The number of rotatable bonds is 6. The first-order chi connectivity index (χ1) is 8.26. The van der Waals surface area contributed by atoms with Crippen LogP contribution in [0.15, 0.2) is 0 Å². The monoisotopic (exact) mass is 278 g/mol. The Morgan fingerprint density at radius 1 is 1.33 bits per heavy atom. The molecule has 0 aromatic heterocycles. The van der Waals surface area contributed by atoms with E-state index in [4.69, 9.17) is 16.3 Å². The van der Waals surface area contributed by atoms with E-state index < -0.39 is 11.7 Å². The van der Waals surface area contributed by atoms with E-state index in [1.54, 1.807) is 7.05 Å². The zero-order chi connectivity index (χ0) is 14.2. The number of hydrogen-bond acceptors (Lipinski definition) is 3. The fourth-order valence-electron chi connectivity index (χ4n) is 1.11. The van der Waals surface area contributed by atoms with Gasteiger partial charge in [0.2, 0.25) is 5.91 Å². The molecule has 0 atom stereocenters. The van der Waals surface area contributed by atoms with Crippen LogP contribution in [0, 0.1) is 0 Å². The predicted molar refractivity (Wildman–Crippen MR) is 71.8 cm³/mol. The molecule has 0 fully saturated rings. The van der Waals surface area contributed by atoms with Crippen LogP contribution in [0.2, 0.25) is 0 Å². The molecular weight excluding hydrogens is 256 g/mol. The van der Waals surface area contributed by atoms with Crippen molar-refractivity contribution in [3.05, 3.63) is 0 Å². The molecular formula is C12H23ClN2O3. The van der Waals surface area contributed by atoms with Crippen LogP contribution in [0.5, 0.6) is 0 Å². The number of halogens is 1. The SMILES string of the molecule is CN(CCNC(=O)CCCCl)C(=O)OC(C)(C)C. The summed E-state index contributed by atoms with van der Waals surface area (Å²) < 4.78 is 5.18. The van der Waals surface area contributed by atoms with Gasteiger partial charge in [-0.25, -0.2) is 4.79 Å². The highest BCUT2D eigenvalue weighted by atomic mass is 35.5. The van der Waals surface area contributed by atoms with E-state index in [-0.39, 0.29) is 5.91 Å². The Labute approximate surface area is 114 Å². The van der Waals surface area contributed by atoms with Gasteiger partial charge >= 0.3 is 6.09 Å². The minimum atomic E-state index is -0.505. The van der Waals surface area contributed by atoms with Gasteiger partial charge in [-0.05, 0) is 27.2 Å². The van der Waals surface area contributed by atoms with Crippen LogP contribution in [-0.4, -0.2) is 48.5 Å². The number of amides is 2. The third-order valence-corrected chi connectivity index (χ3v) is 2.28. The number of nitrogens with zero attached hydrogens (tertiary/aromatic N) is 1. The summed E-state index contributed by atoms with van der Waals surface area (Å²) in [7, 11) is 1.64. The number of likely N-dealkylation sites (N-methyl/N-ethyl adjacent to an activating group) is 1. The van der Waals surface area contributed by atoms with Crippen molar-refractivity contribution in [1.82, 2.24) is 10.2 Å². The number of ether oxygens (including phenoxy) is 1. The maximum Gasteiger partial charge on any atom is 0.410 e. The average Bonchev–Trinajstić information content (AvgIpc) is 2.23. The number of carbonyl (C=O) groups excluding carboxylic acids is 2. The van der Waals surface area contributed by atoms with Crippen LogP contribution in [0.3, 0.4) is 0 Å². The summed E-state index contributed by atoms with van der Waals surface area (Å²) in [6.45, 7) is 6.27. The van der Waals surface area contributed by atoms with Gasteiger partial charge in [-0.3, -0.25) is 4.79 Å². The highest BCUT2D eigenvalue weighted by Gasteiger charge is 2.19. The van der Waals surface area contributed by atoms with Crippen molar-refractivity contribution < 1.29 is 14.3 Å². The lowest BCUT2D eigenvalue weighted by Gasteiger charge is -2.24. The van der Waals surface area contributed by atoms with Gasteiger partial charge in [0.05, 0.1) is 0 Å². The fraction of sp³-hybridized carbons (Fsp3) is 0.833. The molecule has 0 saturated heterocycles. The minimum absolute atomic E-state index is 0.0479. The van der Waals surface area contributed by atoms with Crippen molar-refractivity contribution in [3.8, 4) is 0 Å². The Balaban J connectivity index is 3.79. The van der Waals surface area contributed by atoms with Crippen molar-refractivity contribution in [3.63, 3.8) is 0 Å².